The largest absolute Gasteiger partial charge is 0.373 e. The number of benzene rings is 1. The molecule has 0 amide bonds. The normalized spacial score (nSPS) is 13.3. The van der Waals surface area contributed by atoms with Crippen LogP contribution in [0.1, 0.15) is 46.0 Å². The highest BCUT2D eigenvalue weighted by Gasteiger charge is 2.26. The van der Waals surface area contributed by atoms with Crippen LogP contribution in [-0.2, 0) is 4.74 Å². The second-order valence-corrected chi connectivity index (χ2v) is 5.88. The Bertz CT molecular complexity index is 463. The third-order valence-corrected chi connectivity index (χ3v) is 3.86. The van der Waals surface area contributed by atoms with Crippen molar-refractivity contribution in [2.75, 3.05) is 24.0 Å². The van der Waals surface area contributed by atoms with E-state index in [2.05, 4.69) is 10.6 Å². The molecule has 1 rings (SSSR count). The third kappa shape index (κ3) is 5.14. The van der Waals surface area contributed by atoms with E-state index in [0.29, 0.717) is 30.3 Å². The van der Waals surface area contributed by atoms with E-state index < -0.39 is 12.5 Å². The molecule has 126 valence electrons. The molecule has 1 aromatic carbocycles. The zero-order valence-electron chi connectivity index (χ0n) is 13.8. The van der Waals surface area contributed by atoms with E-state index in [0.717, 1.165) is 6.42 Å². The number of hydrogen-bond acceptors (Lipinski definition) is 6. The van der Waals surface area contributed by atoms with Gasteiger partial charge in [-0.25, -0.2) is 0 Å². The van der Waals surface area contributed by atoms with Crippen LogP contribution in [0.3, 0.4) is 0 Å². The summed E-state index contributed by atoms with van der Waals surface area (Å²) < 4.78 is 5.20. The first kappa shape index (κ1) is 18.7. The first-order chi connectivity index (χ1) is 10.3. The molecule has 0 aromatic heterocycles. The van der Waals surface area contributed by atoms with Crippen molar-refractivity contribution in [3.8, 4) is 0 Å². The molecular weight excluding hydrogens is 284 g/mol. The molecule has 0 fully saturated rings. The van der Waals surface area contributed by atoms with E-state index in [1.807, 2.05) is 27.7 Å². The molecule has 0 bridgehead atoms. The Hall–Kier alpha value is -1.34. The molecule has 0 aliphatic heterocycles. The molecule has 6 heteroatoms. The quantitative estimate of drug-likeness (QED) is 0.355. The molecule has 0 saturated carbocycles. The van der Waals surface area contributed by atoms with Crippen LogP contribution in [0.2, 0.25) is 0 Å². The highest BCUT2D eigenvalue weighted by Crippen LogP contribution is 2.30. The monoisotopic (exact) mass is 312 g/mol. The SMILES string of the molecule is CCOCNc1ccc(NC(O)C(C)(C)CC)c(C(O)O)c1. The van der Waals surface area contributed by atoms with Crippen LogP contribution in [0.4, 0.5) is 11.4 Å². The van der Waals surface area contributed by atoms with Gasteiger partial charge in [0, 0.05) is 29.0 Å². The molecule has 0 heterocycles. The summed E-state index contributed by atoms with van der Waals surface area (Å²) in [6, 6.07) is 5.12. The Labute approximate surface area is 132 Å². The molecule has 6 nitrogen and oxygen atoms in total. The van der Waals surface area contributed by atoms with Crippen molar-refractivity contribution in [2.45, 2.75) is 46.6 Å². The van der Waals surface area contributed by atoms with Gasteiger partial charge in [-0.1, -0.05) is 20.8 Å². The number of aliphatic hydroxyl groups is 3. The first-order valence-electron chi connectivity index (χ1n) is 7.58. The van der Waals surface area contributed by atoms with Crippen LogP contribution in [0, 0.1) is 5.41 Å². The minimum absolute atomic E-state index is 0.299. The summed E-state index contributed by atoms with van der Waals surface area (Å²) in [5.74, 6) is 0. The fraction of sp³-hybridized carbons (Fsp3) is 0.625. The van der Waals surface area contributed by atoms with Gasteiger partial charge in [0.1, 0.15) is 13.0 Å². The van der Waals surface area contributed by atoms with Crippen molar-refractivity contribution in [3.05, 3.63) is 23.8 Å². The van der Waals surface area contributed by atoms with E-state index >= 15 is 0 Å². The lowest BCUT2D eigenvalue weighted by atomic mass is 9.88. The maximum Gasteiger partial charge on any atom is 0.180 e. The fourth-order valence-corrected chi connectivity index (χ4v) is 1.79. The number of nitrogens with one attached hydrogen (secondary N) is 2. The minimum Gasteiger partial charge on any atom is -0.373 e. The van der Waals surface area contributed by atoms with Crippen LogP contribution in [0.15, 0.2) is 18.2 Å². The van der Waals surface area contributed by atoms with Crippen LogP contribution in [0.5, 0.6) is 0 Å². The average Bonchev–Trinajstić information content (AvgIpc) is 2.48. The maximum absolute atomic E-state index is 10.3. The predicted octanol–water partition coefficient (Wildman–Crippen LogP) is 2.24. The van der Waals surface area contributed by atoms with Gasteiger partial charge in [-0.15, -0.1) is 0 Å². The summed E-state index contributed by atoms with van der Waals surface area (Å²) in [7, 11) is 0. The molecule has 1 aromatic rings. The predicted molar refractivity (Wildman–Crippen MR) is 87.4 cm³/mol. The Morgan fingerprint density at radius 3 is 2.41 bits per heavy atom. The minimum atomic E-state index is -1.63. The van der Waals surface area contributed by atoms with Crippen LogP contribution in [0.25, 0.3) is 0 Å². The summed E-state index contributed by atoms with van der Waals surface area (Å²) in [5.41, 5.74) is 1.17. The number of hydrogen-bond donors (Lipinski definition) is 5. The average molecular weight is 312 g/mol. The molecule has 22 heavy (non-hydrogen) atoms. The maximum atomic E-state index is 10.3. The van der Waals surface area contributed by atoms with Crippen molar-refractivity contribution in [3.63, 3.8) is 0 Å². The van der Waals surface area contributed by atoms with Gasteiger partial charge in [0.15, 0.2) is 6.29 Å². The van der Waals surface area contributed by atoms with Crippen LogP contribution < -0.4 is 10.6 Å². The Balaban J connectivity index is 2.90. The van der Waals surface area contributed by atoms with E-state index in [1.165, 1.54) is 0 Å². The summed E-state index contributed by atoms with van der Waals surface area (Å²) in [6.07, 6.45) is -1.64. The summed E-state index contributed by atoms with van der Waals surface area (Å²) in [5, 5.41) is 35.3. The zero-order chi connectivity index (χ0) is 16.8. The molecule has 0 aliphatic carbocycles. The van der Waals surface area contributed by atoms with Gasteiger partial charge in [-0.3, -0.25) is 0 Å². The molecule has 0 saturated heterocycles. The smallest absolute Gasteiger partial charge is 0.180 e. The second-order valence-electron chi connectivity index (χ2n) is 5.88. The van der Waals surface area contributed by atoms with Gasteiger partial charge < -0.3 is 30.7 Å². The van der Waals surface area contributed by atoms with Crippen molar-refractivity contribution in [1.82, 2.24) is 0 Å². The molecular formula is C16H28N2O4. The van der Waals surface area contributed by atoms with Gasteiger partial charge in [0.05, 0.1) is 0 Å². The topological polar surface area (TPSA) is 94.0 Å². The highest BCUT2D eigenvalue weighted by molar-refractivity contribution is 5.60. The number of anilines is 2. The molecule has 5 N–H and O–H groups in total. The zero-order valence-corrected chi connectivity index (χ0v) is 13.8. The number of ether oxygens (including phenoxy) is 1. The van der Waals surface area contributed by atoms with Gasteiger partial charge in [-0.05, 0) is 31.5 Å². The summed E-state index contributed by atoms with van der Waals surface area (Å²) >= 11 is 0. The van der Waals surface area contributed by atoms with E-state index in [1.54, 1.807) is 18.2 Å². The van der Waals surface area contributed by atoms with Crippen molar-refractivity contribution in [2.24, 2.45) is 5.41 Å². The fourth-order valence-electron chi connectivity index (χ4n) is 1.79. The second kappa shape index (κ2) is 8.33. The Morgan fingerprint density at radius 1 is 1.18 bits per heavy atom. The van der Waals surface area contributed by atoms with Gasteiger partial charge in [-0.2, -0.15) is 0 Å². The highest BCUT2D eigenvalue weighted by atomic mass is 16.5. The molecule has 1 unspecified atom stereocenters. The van der Waals surface area contributed by atoms with Crippen molar-refractivity contribution >= 4 is 11.4 Å². The van der Waals surface area contributed by atoms with Crippen molar-refractivity contribution in [1.29, 1.82) is 0 Å². The van der Waals surface area contributed by atoms with Gasteiger partial charge >= 0.3 is 0 Å². The van der Waals surface area contributed by atoms with Gasteiger partial charge in [0.2, 0.25) is 0 Å². The number of rotatable bonds is 9. The van der Waals surface area contributed by atoms with Crippen LogP contribution >= 0.6 is 0 Å². The Morgan fingerprint density at radius 2 is 1.86 bits per heavy atom. The lowest BCUT2D eigenvalue weighted by Crippen LogP contribution is -2.35. The van der Waals surface area contributed by atoms with Gasteiger partial charge in [0.25, 0.3) is 0 Å². The molecule has 1 atom stereocenters. The lowest BCUT2D eigenvalue weighted by Gasteiger charge is -2.31. The third-order valence-electron chi connectivity index (χ3n) is 3.86. The van der Waals surface area contributed by atoms with E-state index in [-0.39, 0.29) is 5.41 Å². The molecule has 0 spiro atoms. The standard InChI is InChI=1S/C16H28N2O4/c1-5-16(3,4)15(21)18-13-8-7-11(17-10-22-6-2)9-12(13)14(19)20/h7-9,14-15,17-21H,5-6,10H2,1-4H3. The summed E-state index contributed by atoms with van der Waals surface area (Å²) in [6.45, 7) is 8.72. The Kier molecular flexibility index (Phi) is 7.09. The van der Waals surface area contributed by atoms with E-state index in [9.17, 15) is 15.3 Å². The first-order valence-corrected chi connectivity index (χ1v) is 7.58. The molecule has 0 radical (unpaired) electrons. The van der Waals surface area contributed by atoms with Crippen LogP contribution in [-0.4, -0.2) is 34.9 Å². The van der Waals surface area contributed by atoms with E-state index in [4.69, 9.17) is 4.74 Å². The lowest BCUT2D eigenvalue weighted by molar-refractivity contribution is -0.0421. The molecule has 0 aliphatic rings. The van der Waals surface area contributed by atoms with Crippen molar-refractivity contribution < 1.29 is 20.1 Å². The summed E-state index contributed by atoms with van der Waals surface area (Å²) in [4.78, 5) is 0. The number of aliphatic hydroxyl groups excluding tert-OH is 2.